The van der Waals surface area contributed by atoms with Crippen LogP contribution in [-0.4, -0.2) is 56.4 Å². The molecule has 112 valence electrons. The second kappa shape index (κ2) is 6.12. The van der Waals surface area contributed by atoms with Gasteiger partial charge in [0.25, 0.3) is 11.5 Å². The number of amides is 1. The van der Waals surface area contributed by atoms with Crippen molar-refractivity contribution >= 4 is 5.91 Å². The molecule has 0 aromatic carbocycles. The second-order valence-electron chi connectivity index (χ2n) is 4.72. The average Bonchev–Trinajstić information content (AvgIpc) is 2.43. The van der Waals surface area contributed by atoms with Gasteiger partial charge in [0.15, 0.2) is 0 Å². The van der Waals surface area contributed by atoms with Gasteiger partial charge in [-0.1, -0.05) is 0 Å². The van der Waals surface area contributed by atoms with E-state index in [1.807, 2.05) is 0 Å². The molecule has 0 aliphatic rings. The maximum absolute atomic E-state index is 12.2. The zero-order chi connectivity index (χ0) is 15.5. The summed E-state index contributed by atoms with van der Waals surface area (Å²) in [6, 6.07) is 0. The molecule has 0 bridgehead atoms. The van der Waals surface area contributed by atoms with Crippen molar-refractivity contribution in [2.75, 3.05) is 19.8 Å². The van der Waals surface area contributed by atoms with Gasteiger partial charge in [0.1, 0.15) is 11.1 Å². The lowest BCUT2D eigenvalue weighted by atomic mass is 10.0. The van der Waals surface area contributed by atoms with E-state index in [-0.39, 0.29) is 5.56 Å². The van der Waals surface area contributed by atoms with Crippen LogP contribution in [0.1, 0.15) is 21.6 Å². The Bertz CT molecular complexity index is 555. The Morgan fingerprint density at radius 2 is 1.75 bits per heavy atom. The minimum absolute atomic E-state index is 0.125. The summed E-state index contributed by atoms with van der Waals surface area (Å²) < 4.78 is 1.04. The number of aryl methyl sites for hydroxylation is 2. The van der Waals surface area contributed by atoms with E-state index in [0.717, 1.165) is 4.68 Å². The van der Waals surface area contributed by atoms with Crippen LogP contribution in [0.3, 0.4) is 0 Å². The van der Waals surface area contributed by atoms with E-state index in [4.69, 9.17) is 0 Å². The fraction of sp³-hybridized carbons (Fsp3) is 0.583. The zero-order valence-corrected chi connectivity index (χ0v) is 11.7. The van der Waals surface area contributed by atoms with Crippen LogP contribution >= 0.6 is 0 Å². The van der Waals surface area contributed by atoms with Crippen LogP contribution in [0.25, 0.3) is 0 Å². The number of aromatic nitrogens is 2. The van der Waals surface area contributed by atoms with Gasteiger partial charge >= 0.3 is 0 Å². The molecular weight excluding hydrogens is 266 g/mol. The van der Waals surface area contributed by atoms with Gasteiger partial charge in [-0.15, -0.1) is 0 Å². The summed E-state index contributed by atoms with van der Waals surface area (Å²) >= 11 is 0. The highest BCUT2D eigenvalue weighted by atomic mass is 16.3. The van der Waals surface area contributed by atoms with Gasteiger partial charge in [-0.3, -0.25) is 9.59 Å². The van der Waals surface area contributed by atoms with Crippen LogP contribution in [-0.2, 0) is 7.05 Å². The number of rotatable bonds is 5. The first kappa shape index (κ1) is 16.3. The van der Waals surface area contributed by atoms with Crippen molar-refractivity contribution in [1.29, 1.82) is 0 Å². The molecule has 1 amide bonds. The summed E-state index contributed by atoms with van der Waals surface area (Å²) in [6.45, 7) is 1.26. The van der Waals surface area contributed by atoms with Crippen LogP contribution in [0.5, 0.6) is 0 Å². The summed E-state index contributed by atoms with van der Waals surface area (Å²) in [5.74, 6) is -0.772. The lowest BCUT2D eigenvalue weighted by Crippen LogP contribution is -2.57. The summed E-state index contributed by atoms with van der Waals surface area (Å²) in [5, 5.41) is 33.8. The number of hydrogen-bond acceptors (Lipinski definition) is 6. The fourth-order valence-electron chi connectivity index (χ4n) is 1.69. The SMILES string of the molecule is Cc1nn(C)c(=O)c(C(=O)NC(CO)(CO)CO)c1C. The molecule has 1 aromatic rings. The summed E-state index contributed by atoms with van der Waals surface area (Å²) in [4.78, 5) is 24.2. The van der Waals surface area contributed by atoms with Crippen LogP contribution in [0, 0.1) is 13.8 Å². The molecule has 0 unspecified atom stereocenters. The number of nitrogens with zero attached hydrogens (tertiary/aromatic N) is 2. The van der Waals surface area contributed by atoms with E-state index in [0.29, 0.717) is 11.3 Å². The molecule has 0 radical (unpaired) electrons. The van der Waals surface area contributed by atoms with Crippen molar-refractivity contribution in [3.63, 3.8) is 0 Å². The van der Waals surface area contributed by atoms with Crippen molar-refractivity contribution in [1.82, 2.24) is 15.1 Å². The van der Waals surface area contributed by atoms with E-state index >= 15 is 0 Å². The van der Waals surface area contributed by atoms with E-state index in [1.54, 1.807) is 13.8 Å². The van der Waals surface area contributed by atoms with Crippen LogP contribution in [0.15, 0.2) is 4.79 Å². The van der Waals surface area contributed by atoms with Crippen LogP contribution in [0.2, 0.25) is 0 Å². The van der Waals surface area contributed by atoms with Crippen LogP contribution < -0.4 is 10.9 Å². The van der Waals surface area contributed by atoms with Crippen molar-refractivity contribution in [2.24, 2.45) is 7.05 Å². The highest BCUT2D eigenvalue weighted by molar-refractivity contribution is 5.95. The topological polar surface area (TPSA) is 125 Å². The lowest BCUT2D eigenvalue weighted by Gasteiger charge is -2.28. The number of hydrogen-bond donors (Lipinski definition) is 4. The van der Waals surface area contributed by atoms with E-state index in [2.05, 4.69) is 10.4 Å². The molecule has 1 aromatic heterocycles. The maximum Gasteiger partial charge on any atom is 0.279 e. The predicted octanol–water partition coefficient (Wildman–Crippen LogP) is -2.16. The Morgan fingerprint density at radius 1 is 1.25 bits per heavy atom. The Labute approximate surface area is 115 Å². The molecule has 0 spiro atoms. The molecule has 20 heavy (non-hydrogen) atoms. The van der Waals surface area contributed by atoms with Gasteiger partial charge in [-0.2, -0.15) is 5.10 Å². The highest BCUT2D eigenvalue weighted by Gasteiger charge is 2.32. The van der Waals surface area contributed by atoms with Gasteiger partial charge in [0.05, 0.1) is 25.5 Å². The molecule has 0 saturated carbocycles. The monoisotopic (exact) mass is 285 g/mol. The highest BCUT2D eigenvalue weighted by Crippen LogP contribution is 2.09. The molecule has 1 heterocycles. The average molecular weight is 285 g/mol. The lowest BCUT2D eigenvalue weighted by molar-refractivity contribution is 0.0374. The summed E-state index contributed by atoms with van der Waals surface area (Å²) in [6.07, 6.45) is 0. The first-order valence-corrected chi connectivity index (χ1v) is 6.01. The van der Waals surface area contributed by atoms with Gasteiger partial charge in [0, 0.05) is 7.05 Å². The third-order valence-electron chi connectivity index (χ3n) is 3.24. The quantitative estimate of drug-likeness (QED) is 0.488. The molecule has 1 rings (SSSR count). The first-order chi connectivity index (χ1) is 9.31. The number of carbonyl (C=O) groups is 1. The molecule has 4 N–H and O–H groups in total. The van der Waals surface area contributed by atoms with Crippen LogP contribution in [0.4, 0.5) is 0 Å². The Kier molecular flexibility index (Phi) is 4.98. The first-order valence-electron chi connectivity index (χ1n) is 6.01. The van der Waals surface area contributed by atoms with Crippen molar-refractivity contribution in [3.05, 3.63) is 27.2 Å². The third kappa shape index (κ3) is 2.87. The molecular formula is C12H19N3O5. The van der Waals surface area contributed by atoms with Gasteiger partial charge in [-0.05, 0) is 19.4 Å². The smallest absolute Gasteiger partial charge is 0.279 e. The predicted molar refractivity (Wildman–Crippen MR) is 70.4 cm³/mol. The molecule has 8 heteroatoms. The Balaban J connectivity index is 3.26. The van der Waals surface area contributed by atoms with Crippen molar-refractivity contribution < 1.29 is 20.1 Å². The zero-order valence-electron chi connectivity index (χ0n) is 11.7. The largest absolute Gasteiger partial charge is 0.394 e. The van der Waals surface area contributed by atoms with E-state index in [9.17, 15) is 24.9 Å². The molecule has 0 fully saturated rings. The Hall–Kier alpha value is -1.77. The number of aliphatic hydroxyl groups excluding tert-OH is 3. The van der Waals surface area contributed by atoms with Gasteiger partial charge in [-0.25, -0.2) is 4.68 Å². The molecule has 8 nitrogen and oxygen atoms in total. The molecule has 0 aliphatic carbocycles. The number of carbonyl (C=O) groups excluding carboxylic acids is 1. The normalized spacial score (nSPS) is 11.5. The van der Waals surface area contributed by atoms with Gasteiger partial charge < -0.3 is 20.6 Å². The molecule has 0 aliphatic heterocycles. The maximum atomic E-state index is 12.2. The molecule has 0 atom stereocenters. The number of aliphatic hydroxyl groups is 3. The summed E-state index contributed by atoms with van der Waals surface area (Å²) in [7, 11) is 1.42. The van der Waals surface area contributed by atoms with E-state index in [1.165, 1.54) is 7.05 Å². The number of nitrogens with one attached hydrogen (secondary N) is 1. The summed E-state index contributed by atoms with van der Waals surface area (Å²) in [5.41, 5.74) is -1.37. The van der Waals surface area contributed by atoms with Crippen molar-refractivity contribution in [3.8, 4) is 0 Å². The fourth-order valence-corrected chi connectivity index (χ4v) is 1.69. The third-order valence-corrected chi connectivity index (χ3v) is 3.24. The minimum atomic E-state index is -1.58. The second-order valence-corrected chi connectivity index (χ2v) is 4.72. The molecule has 0 saturated heterocycles. The Morgan fingerprint density at radius 3 is 2.20 bits per heavy atom. The van der Waals surface area contributed by atoms with Gasteiger partial charge in [0.2, 0.25) is 0 Å². The standard InChI is InChI=1S/C12H19N3O5/c1-7-8(2)14-15(3)11(20)9(7)10(19)13-12(4-16,5-17)6-18/h16-18H,4-6H2,1-3H3,(H,13,19). The minimum Gasteiger partial charge on any atom is -0.394 e. The van der Waals surface area contributed by atoms with Crippen molar-refractivity contribution in [2.45, 2.75) is 19.4 Å². The van der Waals surface area contributed by atoms with E-state index < -0.39 is 36.8 Å².